The zero-order chi connectivity index (χ0) is 13.2. The van der Waals surface area contributed by atoms with Crippen LogP contribution in [0.5, 0.6) is 0 Å². The molecule has 1 N–H and O–H groups in total. The highest BCUT2D eigenvalue weighted by atomic mass is 16.5. The van der Waals surface area contributed by atoms with E-state index in [1.807, 2.05) is 18.2 Å². The molecule has 19 heavy (non-hydrogen) atoms. The van der Waals surface area contributed by atoms with E-state index in [1.54, 1.807) is 0 Å². The van der Waals surface area contributed by atoms with Crippen molar-refractivity contribution in [3.63, 3.8) is 0 Å². The molecular formula is C16H21NO2. The fourth-order valence-corrected chi connectivity index (χ4v) is 3.03. The summed E-state index contributed by atoms with van der Waals surface area (Å²) in [5.74, 6) is 0.694. The largest absolute Gasteiger partial charge is 0.461 e. The maximum absolute atomic E-state index is 12.2. The minimum Gasteiger partial charge on any atom is -0.461 e. The van der Waals surface area contributed by atoms with Gasteiger partial charge < -0.3 is 10.1 Å². The number of benzene rings is 1. The quantitative estimate of drug-likeness (QED) is 0.829. The number of rotatable bonds is 2. The van der Waals surface area contributed by atoms with Crippen molar-refractivity contribution in [3.05, 3.63) is 29.8 Å². The second kappa shape index (κ2) is 5.24. The molecule has 1 aliphatic heterocycles. The Hall–Kier alpha value is -1.51. The van der Waals surface area contributed by atoms with Crippen LogP contribution >= 0.6 is 0 Å². The van der Waals surface area contributed by atoms with Crippen LogP contribution in [0.3, 0.4) is 0 Å². The van der Waals surface area contributed by atoms with E-state index in [2.05, 4.69) is 18.3 Å². The van der Waals surface area contributed by atoms with Crippen LogP contribution in [-0.2, 0) is 16.0 Å². The normalized spacial score (nSPS) is 29.4. The van der Waals surface area contributed by atoms with Crippen LogP contribution in [0.1, 0.15) is 38.2 Å². The Morgan fingerprint density at radius 1 is 1.21 bits per heavy atom. The molecule has 1 aliphatic carbocycles. The predicted molar refractivity (Wildman–Crippen MR) is 75.1 cm³/mol. The lowest BCUT2D eigenvalue weighted by atomic mass is 9.89. The van der Waals surface area contributed by atoms with E-state index >= 15 is 0 Å². The molecule has 1 unspecified atom stereocenters. The maximum atomic E-state index is 12.2. The Bertz CT molecular complexity index is 439. The lowest BCUT2D eigenvalue weighted by molar-refractivity contribution is -0.151. The van der Waals surface area contributed by atoms with Gasteiger partial charge in [0, 0.05) is 12.1 Å². The molecule has 0 aromatic heterocycles. The summed E-state index contributed by atoms with van der Waals surface area (Å²) in [6.45, 7) is 2.27. The highest BCUT2D eigenvalue weighted by Gasteiger charge is 2.30. The van der Waals surface area contributed by atoms with Gasteiger partial charge in [0.15, 0.2) is 0 Å². The maximum Gasteiger partial charge on any atom is 0.329 e. The number of esters is 1. The molecule has 0 saturated heterocycles. The summed E-state index contributed by atoms with van der Waals surface area (Å²) >= 11 is 0. The summed E-state index contributed by atoms with van der Waals surface area (Å²) in [6.07, 6.45) is 5.28. The number of carbonyl (C=O) groups is 1. The van der Waals surface area contributed by atoms with E-state index in [0.717, 1.165) is 30.9 Å². The molecule has 1 aromatic rings. The van der Waals surface area contributed by atoms with Crippen molar-refractivity contribution in [2.45, 2.75) is 51.2 Å². The molecular weight excluding hydrogens is 238 g/mol. The molecule has 0 spiro atoms. The zero-order valence-electron chi connectivity index (χ0n) is 11.4. The molecule has 0 amide bonds. The van der Waals surface area contributed by atoms with Gasteiger partial charge in [-0.3, -0.25) is 0 Å². The van der Waals surface area contributed by atoms with Gasteiger partial charge in [-0.05, 0) is 43.2 Å². The third-order valence-corrected chi connectivity index (χ3v) is 4.30. The van der Waals surface area contributed by atoms with Crippen molar-refractivity contribution in [2.75, 3.05) is 5.32 Å². The first-order chi connectivity index (χ1) is 9.22. The molecule has 3 heteroatoms. The average molecular weight is 259 g/mol. The van der Waals surface area contributed by atoms with Crippen LogP contribution in [0.15, 0.2) is 24.3 Å². The molecule has 3 rings (SSSR count). The molecule has 1 heterocycles. The first kappa shape index (κ1) is 12.5. The summed E-state index contributed by atoms with van der Waals surface area (Å²) < 4.78 is 5.65. The van der Waals surface area contributed by atoms with Gasteiger partial charge >= 0.3 is 5.97 Å². The molecule has 1 aromatic carbocycles. The van der Waals surface area contributed by atoms with Crippen LogP contribution in [0.25, 0.3) is 0 Å². The van der Waals surface area contributed by atoms with Crippen molar-refractivity contribution >= 4 is 11.7 Å². The minimum absolute atomic E-state index is 0.0873. The molecule has 0 bridgehead atoms. The Labute approximate surface area is 114 Å². The first-order valence-electron chi connectivity index (χ1n) is 7.27. The molecule has 1 saturated carbocycles. The number of carbonyl (C=O) groups excluding carboxylic acids is 1. The van der Waals surface area contributed by atoms with Crippen LogP contribution < -0.4 is 5.32 Å². The van der Waals surface area contributed by atoms with Crippen LogP contribution in [0.2, 0.25) is 0 Å². The first-order valence-corrected chi connectivity index (χ1v) is 7.27. The fourth-order valence-electron chi connectivity index (χ4n) is 3.03. The Balaban J connectivity index is 1.55. The minimum atomic E-state index is -0.197. The number of fused-ring (bicyclic) bond motifs is 1. The highest BCUT2D eigenvalue weighted by Crippen LogP contribution is 2.28. The molecule has 102 valence electrons. The van der Waals surface area contributed by atoms with Crippen molar-refractivity contribution in [1.82, 2.24) is 0 Å². The summed E-state index contributed by atoms with van der Waals surface area (Å²) in [4.78, 5) is 12.2. The van der Waals surface area contributed by atoms with Crippen LogP contribution in [0.4, 0.5) is 5.69 Å². The van der Waals surface area contributed by atoms with Gasteiger partial charge in [0.25, 0.3) is 0 Å². The predicted octanol–water partition coefficient (Wildman–Crippen LogP) is 3.15. The van der Waals surface area contributed by atoms with E-state index in [9.17, 15) is 4.79 Å². The fraction of sp³-hybridized carbons (Fsp3) is 0.562. The summed E-state index contributed by atoms with van der Waals surface area (Å²) in [6, 6.07) is 7.89. The molecule has 0 radical (unpaired) electrons. The standard InChI is InChI=1S/C16H21NO2/c1-11-6-8-13(9-7-11)19-16(18)15-10-12-4-2-3-5-14(12)17-15/h2-5,11,13,15,17H,6-10H2,1H3. The van der Waals surface area contributed by atoms with Crippen molar-refractivity contribution < 1.29 is 9.53 Å². The third kappa shape index (κ3) is 2.75. The number of ether oxygens (including phenoxy) is 1. The average Bonchev–Trinajstić information content (AvgIpc) is 2.85. The van der Waals surface area contributed by atoms with Crippen LogP contribution in [0, 0.1) is 5.92 Å². The van der Waals surface area contributed by atoms with Gasteiger partial charge in [-0.1, -0.05) is 25.1 Å². The number of hydrogen-bond donors (Lipinski definition) is 1. The van der Waals surface area contributed by atoms with Gasteiger partial charge in [0.1, 0.15) is 12.1 Å². The summed E-state index contributed by atoms with van der Waals surface area (Å²) in [5, 5.41) is 3.26. The third-order valence-electron chi connectivity index (χ3n) is 4.30. The number of hydrogen-bond acceptors (Lipinski definition) is 3. The Morgan fingerprint density at radius 3 is 2.68 bits per heavy atom. The smallest absolute Gasteiger partial charge is 0.329 e. The Morgan fingerprint density at radius 2 is 1.95 bits per heavy atom. The van der Waals surface area contributed by atoms with E-state index < -0.39 is 0 Å². The van der Waals surface area contributed by atoms with Gasteiger partial charge in [0.05, 0.1) is 0 Å². The lowest BCUT2D eigenvalue weighted by Gasteiger charge is -2.27. The summed E-state index contributed by atoms with van der Waals surface area (Å²) in [7, 11) is 0. The monoisotopic (exact) mass is 259 g/mol. The lowest BCUT2D eigenvalue weighted by Crippen LogP contribution is -2.33. The molecule has 1 fully saturated rings. The molecule has 3 nitrogen and oxygen atoms in total. The number of anilines is 1. The number of para-hydroxylation sites is 1. The van der Waals surface area contributed by atoms with Crippen molar-refractivity contribution in [1.29, 1.82) is 0 Å². The van der Waals surface area contributed by atoms with Gasteiger partial charge in [-0.25, -0.2) is 4.79 Å². The molecule has 2 aliphatic rings. The topological polar surface area (TPSA) is 38.3 Å². The highest BCUT2D eigenvalue weighted by molar-refractivity contribution is 5.83. The number of nitrogens with one attached hydrogen (secondary N) is 1. The van der Waals surface area contributed by atoms with E-state index in [4.69, 9.17) is 4.74 Å². The zero-order valence-corrected chi connectivity index (χ0v) is 11.4. The summed E-state index contributed by atoms with van der Waals surface area (Å²) in [5.41, 5.74) is 2.28. The van der Waals surface area contributed by atoms with Crippen molar-refractivity contribution in [3.8, 4) is 0 Å². The van der Waals surface area contributed by atoms with Crippen LogP contribution in [-0.4, -0.2) is 18.1 Å². The van der Waals surface area contributed by atoms with E-state index in [0.29, 0.717) is 0 Å². The SMILES string of the molecule is CC1CCC(OC(=O)C2Cc3ccccc3N2)CC1. The Kier molecular flexibility index (Phi) is 3.45. The van der Waals surface area contributed by atoms with Gasteiger partial charge in [0.2, 0.25) is 0 Å². The van der Waals surface area contributed by atoms with Crippen molar-refractivity contribution in [2.24, 2.45) is 5.92 Å². The second-order valence-corrected chi connectivity index (χ2v) is 5.88. The molecule has 1 atom stereocenters. The second-order valence-electron chi connectivity index (χ2n) is 5.88. The van der Waals surface area contributed by atoms with E-state index in [-0.39, 0.29) is 18.1 Å². The van der Waals surface area contributed by atoms with Gasteiger partial charge in [-0.15, -0.1) is 0 Å². The van der Waals surface area contributed by atoms with Gasteiger partial charge in [-0.2, -0.15) is 0 Å². The van der Waals surface area contributed by atoms with E-state index in [1.165, 1.54) is 18.4 Å².